The fourth-order valence-electron chi connectivity index (χ4n) is 6.09. The second kappa shape index (κ2) is 11.8. The zero-order chi connectivity index (χ0) is 24.0. The lowest BCUT2D eigenvalue weighted by Gasteiger charge is -2.28. The van der Waals surface area contributed by atoms with Crippen LogP contribution in [-0.4, -0.2) is 6.61 Å². The first-order chi connectivity index (χ1) is 16.5. The number of hydrogen-bond acceptors (Lipinski definition) is 1. The smallest absolute Gasteiger partial charge is 0.316 e. The van der Waals surface area contributed by atoms with Gasteiger partial charge in [-0.05, 0) is 98.1 Å². The molecule has 1 nitrogen and oxygen atoms in total. The number of alkyl halides is 2. The molecule has 2 aromatic carbocycles. The summed E-state index contributed by atoms with van der Waals surface area (Å²) in [5.41, 5.74) is 3.60. The lowest BCUT2D eigenvalue weighted by atomic mass is 9.78. The third-order valence-corrected chi connectivity index (χ3v) is 8.69. The average molecular weight is 469 g/mol. The molecule has 0 atom stereocenters. The zero-order valence-corrected chi connectivity index (χ0v) is 21.1. The maximum atomic E-state index is 14.7. The summed E-state index contributed by atoms with van der Waals surface area (Å²) in [7, 11) is 0. The molecule has 2 fully saturated rings. The van der Waals surface area contributed by atoms with E-state index in [1.54, 1.807) is 12.1 Å². The highest BCUT2D eigenvalue weighted by molar-refractivity contribution is 5.28. The van der Waals surface area contributed by atoms with Gasteiger partial charge in [-0.1, -0.05) is 75.2 Å². The molecule has 0 heterocycles. The Labute approximate surface area is 205 Å². The van der Waals surface area contributed by atoms with Crippen LogP contribution in [0.1, 0.15) is 112 Å². The minimum atomic E-state index is -3.25. The topological polar surface area (TPSA) is 9.23 Å². The van der Waals surface area contributed by atoms with Gasteiger partial charge in [0.05, 0.1) is 12.2 Å². The Morgan fingerprint density at radius 2 is 1.12 bits per heavy atom. The van der Waals surface area contributed by atoms with Gasteiger partial charge in [0.15, 0.2) is 0 Å². The third kappa shape index (κ3) is 6.47. The minimum absolute atomic E-state index is 0.0107. The normalized spacial score (nSPS) is 25.9. The van der Waals surface area contributed by atoms with E-state index in [0.29, 0.717) is 18.3 Å². The van der Waals surface area contributed by atoms with Gasteiger partial charge in [0.25, 0.3) is 0 Å². The Balaban J connectivity index is 1.24. The number of halogens is 2. The van der Waals surface area contributed by atoms with Crippen LogP contribution in [0, 0.1) is 11.8 Å². The van der Waals surface area contributed by atoms with Gasteiger partial charge in [0.2, 0.25) is 0 Å². The SMILES string of the molecule is CCC1CCC(c2ccc(CCOC(F)(F)c3ccc(C4CCC(CC)CC4)cc3)cc2)CC1. The highest BCUT2D eigenvalue weighted by atomic mass is 19.3. The molecule has 3 heteroatoms. The van der Waals surface area contributed by atoms with Crippen LogP contribution in [0.4, 0.5) is 8.78 Å². The lowest BCUT2D eigenvalue weighted by Crippen LogP contribution is -2.20. The summed E-state index contributed by atoms with van der Waals surface area (Å²) in [5, 5.41) is 0. The molecule has 0 spiro atoms. The first-order valence-electron chi connectivity index (χ1n) is 13.7. The van der Waals surface area contributed by atoms with Gasteiger partial charge in [0.1, 0.15) is 0 Å². The van der Waals surface area contributed by atoms with Crippen molar-refractivity contribution in [3.05, 3.63) is 70.8 Å². The van der Waals surface area contributed by atoms with Gasteiger partial charge in [-0.2, -0.15) is 8.78 Å². The van der Waals surface area contributed by atoms with Crippen molar-refractivity contribution in [1.82, 2.24) is 0 Å². The van der Waals surface area contributed by atoms with E-state index >= 15 is 0 Å². The van der Waals surface area contributed by atoms with Crippen LogP contribution in [0.15, 0.2) is 48.5 Å². The fraction of sp³-hybridized carbons (Fsp3) is 0.613. The van der Waals surface area contributed by atoms with Crippen LogP contribution in [0.3, 0.4) is 0 Å². The molecular formula is C31H42F2O. The lowest BCUT2D eigenvalue weighted by molar-refractivity contribution is -0.248. The maximum absolute atomic E-state index is 14.7. The zero-order valence-electron chi connectivity index (χ0n) is 21.1. The molecule has 0 aliphatic heterocycles. The quantitative estimate of drug-likeness (QED) is 0.356. The van der Waals surface area contributed by atoms with Gasteiger partial charge >= 0.3 is 6.11 Å². The fourth-order valence-corrected chi connectivity index (χ4v) is 6.09. The van der Waals surface area contributed by atoms with Crippen molar-refractivity contribution in [3.8, 4) is 0 Å². The van der Waals surface area contributed by atoms with Crippen LogP contribution >= 0.6 is 0 Å². The Morgan fingerprint density at radius 3 is 1.56 bits per heavy atom. The summed E-state index contributed by atoms with van der Waals surface area (Å²) in [6, 6.07) is 15.4. The number of rotatable bonds is 9. The van der Waals surface area contributed by atoms with E-state index in [2.05, 4.69) is 38.1 Å². The Hall–Kier alpha value is -1.74. The molecule has 2 aliphatic carbocycles. The highest BCUT2D eigenvalue weighted by Crippen LogP contribution is 2.39. The Kier molecular flexibility index (Phi) is 8.80. The van der Waals surface area contributed by atoms with E-state index in [1.165, 1.54) is 75.3 Å². The van der Waals surface area contributed by atoms with Crippen molar-refractivity contribution in [1.29, 1.82) is 0 Å². The van der Waals surface area contributed by atoms with Crippen molar-refractivity contribution in [2.75, 3.05) is 6.61 Å². The minimum Gasteiger partial charge on any atom is -0.316 e. The van der Waals surface area contributed by atoms with Crippen LogP contribution in [0.25, 0.3) is 0 Å². The standard InChI is InChI=1S/C31H42F2O/c1-3-23-5-11-26(12-6-23)28-15-9-25(10-16-28)21-22-34-31(32,33)30-19-17-29(18-20-30)27-13-7-24(4-2)8-14-27/h9-10,15-20,23-24,26-27H,3-8,11-14,21-22H2,1-2H3. The number of hydrogen-bond donors (Lipinski definition) is 0. The summed E-state index contributed by atoms with van der Waals surface area (Å²) in [6.45, 7) is 4.56. The predicted molar refractivity (Wildman–Crippen MR) is 136 cm³/mol. The van der Waals surface area contributed by atoms with Crippen LogP contribution in [0.5, 0.6) is 0 Å². The van der Waals surface area contributed by atoms with E-state index in [0.717, 1.165) is 17.4 Å². The van der Waals surface area contributed by atoms with Crippen LogP contribution in [0.2, 0.25) is 0 Å². The molecule has 0 bridgehead atoms. The van der Waals surface area contributed by atoms with Crippen molar-refractivity contribution in [2.45, 2.75) is 102 Å². The molecule has 186 valence electrons. The molecule has 2 saturated carbocycles. The molecule has 0 amide bonds. The molecule has 0 radical (unpaired) electrons. The molecule has 2 aromatic rings. The van der Waals surface area contributed by atoms with Gasteiger partial charge in [0, 0.05) is 0 Å². The van der Waals surface area contributed by atoms with Gasteiger partial charge in [-0.15, -0.1) is 0 Å². The second-order valence-electron chi connectivity index (χ2n) is 10.7. The van der Waals surface area contributed by atoms with Crippen LogP contribution in [-0.2, 0) is 17.3 Å². The van der Waals surface area contributed by atoms with E-state index in [4.69, 9.17) is 4.74 Å². The van der Waals surface area contributed by atoms with E-state index in [1.807, 2.05) is 12.1 Å². The molecule has 0 aromatic heterocycles. The first-order valence-corrected chi connectivity index (χ1v) is 13.7. The molecule has 0 unspecified atom stereocenters. The second-order valence-corrected chi connectivity index (χ2v) is 10.7. The summed E-state index contributed by atoms with van der Waals surface area (Å²) in [5.74, 6) is 2.90. The largest absolute Gasteiger partial charge is 0.383 e. The van der Waals surface area contributed by atoms with Crippen molar-refractivity contribution < 1.29 is 13.5 Å². The molecule has 34 heavy (non-hydrogen) atoms. The molecule has 0 saturated heterocycles. The monoisotopic (exact) mass is 468 g/mol. The van der Waals surface area contributed by atoms with Crippen LogP contribution < -0.4 is 0 Å². The van der Waals surface area contributed by atoms with Gasteiger partial charge in [-0.3, -0.25) is 0 Å². The predicted octanol–water partition coefficient (Wildman–Crippen LogP) is 9.36. The van der Waals surface area contributed by atoms with Crippen molar-refractivity contribution >= 4 is 0 Å². The molecular weight excluding hydrogens is 426 g/mol. The Bertz CT molecular complexity index is 857. The molecule has 4 rings (SSSR count). The van der Waals surface area contributed by atoms with E-state index in [-0.39, 0.29) is 12.2 Å². The summed E-state index contributed by atoms with van der Waals surface area (Å²) >= 11 is 0. The average Bonchev–Trinajstić information content (AvgIpc) is 2.89. The first kappa shape index (κ1) is 25.4. The van der Waals surface area contributed by atoms with E-state index in [9.17, 15) is 8.78 Å². The maximum Gasteiger partial charge on any atom is 0.383 e. The molecule has 2 aliphatic rings. The molecule has 0 N–H and O–H groups in total. The highest BCUT2D eigenvalue weighted by Gasteiger charge is 2.33. The van der Waals surface area contributed by atoms with E-state index < -0.39 is 6.11 Å². The van der Waals surface area contributed by atoms with Gasteiger partial charge in [-0.25, -0.2) is 0 Å². The Morgan fingerprint density at radius 1 is 0.676 bits per heavy atom. The third-order valence-electron chi connectivity index (χ3n) is 8.69. The summed E-state index contributed by atoms with van der Waals surface area (Å²) in [4.78, 5) is 0. The van der Waals surface area contributed by atoms with Gasteiger partial charge < -0.3 is 4.74 Å². The van der Waals surface area contributed by atoms with Crippen molar-refractivity contribution in [3.63, 3.8) is 0 Å². The van der Waals surface area contributed by atoms with Crippen molar-refractivity contribution in [2.24, 2.45) is 11.8 Å². The number of benzene rings is 2. The summed E-state index contributed by atoms with van der Waals surface area (Å²) in [6.07, 6.45) is 9.82. The summed E-state index contributed by atoms with van der Waals surface area (Å²) < 4.78 is 34.4. The number of ether oxygens (including phenoxy) is 1.